The van der Waals surface area contributed by atoms with Crippen LogP contribution in [0.4, 0.5) is 5.69 Å². The van der Waals surface area contributed by atoms with Crippen molar-refractivity contribution < 1.29 is 0 Å². The highest BCUT2D eigenvalue weighted by molar-refractivity contribution is 7.10. The highest BCUT2D eigenvalue weighted by Gasteiger charge is 2.14. The van der Waals surface area contributed by atoms with Gasteiger partial charge in [-0.05, 0) is 41.9 Å². The van der Waals surface area contributed by atoms with E-state index in [0.717, 1.165) is 17.8 Å². The SMILES string of the molecule is Cc1ccc(NC(Cc2cccs2)c2cccs2)cn1. The minimum absolute atomic E-state index is 0.304. The van der Waals surface area contributed by atoms with Crippen LogP contribution < -0.4 is 5.32 Å². The van der Waals surface area contributed by atoms with Crippen LogP contribution in [-0.2, 0) is 6.42 Å². The molecule has 0 fully saturated rings. The number of thiophene rings is 2. The van der Waals surface area contributed by atoms with Gasteiger partial charge in [-0.3, -0.25) is 4.98 Å². The number of hydrogen-bond acceptors (Lipinski definition) is 4. The van der Waals surface area contributed by atoms with Crippen LogP contribution in [0.25, 0.3) is 0 Å². The molecule has 0 amide bonds. The van der Waals surface area contributed by atoms with E-state index < -0.39 is 0 Å². The third kappa shape index (κ3) is 3.26. The van der Waals surface area contributed by atoms with E-state index in [9.17, 15) is 0 Å². The van der Waals surface area contributed by atoms with Gasteiger partial charge in [0.15, 0.2) is 0 Å². The van der Waals surface area contributed by atoms with E-state index in [2.05, 4.69) is 51.4 Å². The summed E-state index contributed by atoms with van der Waals surface area (Å²) in [6, 6.07) is 13.0. The van der Waals surface area contributed by atoms with Crippen LogP contribution in [0.5, 0.6) is 0 Å². The van der Waals surface area contributed by atoms with Gasteiger partial charge in [0, 0.05) is 21.9 Å². The Morgan fingerprint density at radius 2 is 1.95 bits per heavy atom. The molecule has 0 aliphatic heterocycles. The third-order valence-corrected chi connectivity index (χ3v) is 5.01. The van der Waals surface area contributed by atoms with Crippen LogP contribution >= 0.6 is 22.7 Å². The molecule has 4 heteroatoms. The standard InChI is InChI=1S/C16H16N2S2/c1-12-6-7-13(11-17-12)18-15(16-5-3-9-20-16)10-14-4-2-8-19-14/h2-9,11,15,18H,10H2,1H3. The maximum Gasteiger partial charge on any atom is 0.0655 e. The van der Waals surface area contributed by atoms with Crippen molar-refractivity contribution in [3.63, 3.8) is 0 Å². The molecule has 0 saturated carbocycles. The Labute approximate surface area is 127 Å². The fourth-order valence-corrected chi connectivity index (χ4v) is 3.63. The van der Waals surface area contributed by atoms with E-state index in [1.807, 2.05) is 30.5 Å². The van der Waals surface area contributed by atoms with Crippen molar-refractivity contribution in [2.75, 3.05) is 5.32 Å². The number of pyridine rings is 1. The molecule has 0 aliphatic rings. The Bertz CT molecular complexity index is 628. The monoisotopic (exact) mass is 300 g/mol. The van der Waals surface area contributed by atoms with Gasteiger partial charge < -0.3 is 5.32 Å². The molecule has 2 nitrogen and oxygen atoms in total. The zero-order chi connectivity index (χ0) is 13.8. The van der Waals surface area contributed by atoms with Gasteiger partial charge in [-0.2, -0.15) is 0 Å². The van der Waals surface area contributed by atoms with Crippen LogP contribution in [0.15, 0.2) is 53.4 Å². The molecule has 20 heavy (non-hydrogen) atoms. The van der Waals surface area contributed by atoms with Crippen LogP contribution in [-0.4, -0.2) is 4.98 Å². The first-order valence-electron chi connectivity index (χ1n) is 6.56. The van der Waals surface area contributed by atoms with Crippen LogP contribution in [0, 0.1) is 6.92 Å². The number of anilines is 1. The Morgan fingerprint density at radius 1 is 1.10 bits per heavy atom. The molecule has 3 aromatic heterocycles. The van der Waals surface area contributed by atoms with Crippen molar-refractivity contribution in [2.45, 2.75) is 19.4 Å². The molecule has 3 rings (SSSR count). The average Bonchev–Trinajstić information content (AvgIpc) is 3.12. The molecule has 1 atom stereocenters. The molecule has 0 aliphatic carbocycles. The fraction of sp³-hybridized carbons (Fsp3) is 0.188. The lowest BCUT2D eigenvalue weighted by atomic mass is 10.1. The molecule has 0 saturated heterocycles. The second-order valence-electron chi connectivity index (χ2n) is 4.68. The molecule has 0 aromatic carbocycles. The van der Waals surface area contributed by atoms with Gasteiger partial charge in [0.05, 0.1) is 17.9 Å². The highest BCUT2D eigenvalue weighted by Crippen LogP contribution is 2.28. The van der Waals surface area contributed by atoms with E-state index in [1.165, 1.54) is 9.75 Å². The zero-order valence-corrected chi connectivity index (χ0v) is 12.9. The number of rotatable bonds is 5. The van der Waals surface area contributed by atoms with Gasteiger partial charge in [-0.15, -0.1) is 22.7 Å². The van der Waals surface area contributed by atoms with Crippen LogP contribution in [0.3, 0.4) is 0 Å². The molecule has 3 heterocycles. The molecule has 0 spiro atoms. The number of aromatic nitrogens is 1. The average molecular weight is 300 g/mol. The maximum atomic E-state index is 4.35. The second kappa shape index (κ2) is 6.20. The van der Waals surface area contributed by atoms with Crippen molar-refractivity contribution in [1.29, 1.82) is 0 Å². The molecule has 3 aromatic rings. The maximum absolute atomic E-state index is 4.35. The van der Waals surface area contributed by atoms with Gasteiger partial charge in [-0.25, -0.2) is 0 Å². The second-order valence-corrected chi connectivity index (χ2v) is 6.70. The lowest BCUT2D eigenvalue weighted by Gasteiger charge is -2.18. The normalized spacial score (nSPS) is 12.2. The Morgan fingerprint density at radius 3 is 2.60 bits per heavy atom. The lowest BCUT2D eigenvalue weighted by molar-refractivity contribution is 0.801. The summed E-state index contributed by atoms with van der Waals surface area (Å²) in [4.78, 5) is 7.11. The quantitative estimate of drug-likeness (QED) is 0.724. The Kier molecular flexibility index (Phi) is 4.14. The molecular weight excluding hydrogens is 284 g/mol. The summed E-state index contributed by atoms with van der Waals surface area (Å²) in [7, 11) is 0. The molecular formula is C16H16N2S2. The van der Waals surface area contributed by atoms with E-state index in [4.69, 9.17) is 0 Å². The minimum Gasteiger partial charge on any atom is -0.376 e. The lowest BCUT2D eigenvalue weighted by Crippen LogP contribution is -2.12. The molecule has 1 N–H and O–H groups in total. The molecule has 0 radical (unpaired) electrons. The summed E-state index contributed by atoms with van der Waals surface area (Å²) in [5, 5.41) is 7.87. The van der Waals surface area contributed by atoms with Crippen molar-refractivity contribution in [2.24, 2.45) is 0 Å². The predicted octanol–water partition coefficient (Wildman–Crippen LogP) is 4.91. The van der Waals surface area contributed by atoms with Crippen molar-refractivity contribution in [3.8, 4) is 0 Å². The van der Waals surface area contributed by atoms with Crippen molar-refractivity contribution >= 4 is 28.4 Å². The van der Waals surface area contributed by atoms with Gasteiger partial charge in [0.2, 0.25) is 0 Å². The van der Waals surface area contributed by atoms with E-state index in [1.54, 1.807) is 11.3 Å². The first-order valence-corrected chi connectivity index (χ1v) is 8.32. The van der Waals surface area contributed by atoms with Gasteiger partial charge in [-0.1, -0.05) is 12.1 Å². The van der Waals surface area contributed by atoms with E-state index in [0.29, 0.717) is 6.04 Å². The first-order chi connectivity index (χ1) is 9.81. The fourth-order valence-electron chi connectivity index (χ4n) is 2.10. The van der Waals surface area contributed by atoms with Gasteiger partial charge in [0.1, 0.15) is 0 Å². The summed E-state index contributed by atoms with van der Waals surface area (Å²) in [5.74, 6) is 0. The summed E-state index contributed by atoms with van der Waals surface area (Å²) in [5.41, 5.74) is 2.12. The van der Waals surface area contributed by atoms with Crippen LogP contribution in [0.1, 0.15) is 21.5 Å². The summed E-state index contributed by atoms with van der Waals surface area (Å²) in [6.07, 6.45) is 2.91. The smallest absolute Gasteiger partial charge is 0.0655 e. The third-order valence-electron chi connectivity index (χ3n) is 3.12. The van der Waals surface area contributed by atoms with E-state index >= 15 is 0 Å². The number of hydrogen-bond donors (Lipinski definition) is 1. The molecule has 1 unspecified atom stereocenters. The van der Waals surface area contributed by atoms with Crippen LogP contribution in [0.2, 0.25) is 0 Å². The van der Waals surface area contributed by atoms with Crippen molar-refractivity contribution in [1.82, 2.24) is 4.98 Å². The summed E-state index contributed by atoms with van der Waals surface area (Å²) < 4.78 is 0. The van der Waals surface area contributed by atoms with E-state index in [-0.39, 0.29) is 0 Å². The summed E-state index contributed by atoms with van der Waals surface area (Å²) >= 11 is 3.61. The Balaban J connectivity index is 1.80. The molecule has 102 valence electrons. The number of nitrogens with one attached hydrogen (secondary N) is 1. The largest absolute Gasteiger partial charge is 0.376 e. The topological polar surface area (TPSA) is 24.9 Å². The Hall–Kier alpha value is -1.65. The highest BCUT2D eigenvalue weighted by atomic mass is 32.1. The number of nitrogens with zero attached hydrogens (tertiary/aromatic N) is 1. The minimum atomic E-state index is 0.304. The predicted molar refractivity (Wildman–Crippen MR) is 87.7 cm³/mol. The number of aryl methyl sites for hydroxylation is 1. The first kappa shape index (κ1) is 13.3. The van der Waals surface area contributed by atoms with Crippen molar-refractivity contribution in [3.05, 3.63) is 68.8 Å². The van der Waals surface area contributed by atoms with Gasteiger partial charge in [0.25, 0.3) is 0 Å². The molecule has 0 bridgehead atoms. The van der Waals surface area contributed by atoms with Gasteiger partial charge >= 0.3 is 0 Å². The zero-order valence-electron chi connectivity index (χ0n) is 11.2. The summed E-state index contributed by atoms with van der Waals surface area (Å²) in [6.45, 7) is 2.01.